The number of aromatic nitrogens is 1. The fourth-order valence-electron chi connectivity index (χ4n) is 2.38. The largest absolute Gasteiger partial charge is 0.463 e. The Morgan fingerprint density at radius 1 is 1.35 bits per heavy atom. The monoisotopic (exact) mass is 378 g/mol. The third-order valence-corrected chi connectivity index (χ3v) is 3.88. The van der Waals surface area contributed by atoms with Gasteiger partial charge in [-0.05, 0) is 42.7 Å². The number of hydrogen-bond acceptors (Lipinski definition) is 6. The van der Waals surface area contributed by atoms with Crippen LogP contribution in [0.3, 0.4) is 0 Å². The molecule has 136 valence electrons. The van der Waals surface area contributed by atoms with Gasteiger partial charge in [0.15, 0.2) is 5.82 Å². The lowest BCUT2D eigenvalue weighted by Gasteiger charge is -2.08. The molecule has 1 atom stereocenters. The number of nitrogens with one attached hydrogen (secondary N) is 1. The van der Waals surface area contributed by atoms with Crippen LogP contribution in [-0.2, 0) is 11.2 Å². The summed E-state index contributed by atoms with van der Waals surface area (Å²) >= 11 is 5.65. The van der Waals surface area contributed by atoms with Gasteiger partial charge in [-0.2, -0.15) is 4.98 Å². The molecule has 2 aromatic rings. The molecule has 0 aliphatic carbocycles. The summed E-state index contributed by atoms with van der Waals surface area (Å²) in [6.45, 7) is 0.505. The van der Waals surface area contributed by atoms with Crippen molar-refractivity contribution in [3.05, 3.63) is 52.9 Å². The van der Waals surface area contributed by atoms with Gasteiger partial charge in [-0.15, -0.1) is 0 Å². The van der Waals surface area contributed by atoms with E-state index < -0.39 is 17.8 Å². The van der Waals surface area contributed by atoms with Crippen molar-refractivity contribution in [1.29, 1.82) is 0 Å². The van der Waals surface area contributed by atoms with E-state index in [2.05, 4.69) is 15.3 Å². The third-order valence-electron chi connectivity index (χ3n) is 3.67. The van der Waals surface area contributed by atoms with E-state index in [0.717, 1.165) is 24.5 Å². The van der Waals surface area contributed by atoms with Crippen molar-refractivity contribution in [2.24, 2.45) is 10.7 Å². The molecule has 3 N–H and O–H groups in total. The van der Waals surface area contributed by atoms with Crippen molar-refractivity contribution in [3.8, 4) is 5.88 Å². The number of amidine groups is 1. The number of aryl methyl sites for hydroxylation is 1. The Morgan fingerprint density at radius 2 is 2.12 bits per heavy atom. The fourth-order valence-corrected chi connectivity index (χ4v) is 2.52. The summed E-state index contributed by atoms with van der Waals surface area (Å²) in [5, 5.41) is 2.52. The second-order valence-corrected chi connectivity index (χ2v) is 5.99. The quantitative estimate of drug-likeness (QED) is 0.779. The molecular weight excluding hydrogens is 363 g/mol. The van der Waals surface area contributed by atoms with E-state index in [-0.39, 0.29) is 17.2 Å². The molecule has 26 heavy (non-hydrogen) atoms. The maximum atomic E-state index is 13.5. The lowest BCUT2D eigenvalue weighted by Crippen LogP contribution is -2.18. The molecule has 0 saturated carbocycles. The molecule has 1 aromatic heterocycles. The van der Waals surface area contributed by atoms with Gasteiger partial charge in [-0.3, -0.25) is 5.32 Å². The van der Waals surface area contributed by atoms with E-state index in [1.54, 1.807) is 12.1 Å². The molecule has 1 aromatic carbocycles. The van der Waals surface area contributed by atoms with Gasteiger partial charge in [0.05, 0.1) is 6.04 Å². The molecule has 7 nitrogen and oxygen atoms in total. The maximum Gasteiger partial charge on any atom is 0.418 e. The van der Waals surface area contributed by atoms with Crippen LogP contribution in [0.25, 0.3) is 0 Å². The van der Waals surface area contributed by atoms with Crippen LogP contribution in [0.4, 0.5) is 14.9 Å². The van der Waals surface area contributed by atoms with E-state index in [1.807, 2.05) is 12.1 Å². The molecule has 0 unspecified atom stereocenters. The van der Waals surface area contributed by atoms with Gasteiger partial charge in [0, 0.05) is 5.69 Å². The minimum Gasteiger partial charge on any atom is -0.463 e. The predicted octanol–water partition coefficient (Wildman–Crippen LogP) is 3.13. The topological polar surface area (TPSA) is 98.8 Å². The Kier molecular flexibility index (Phi) is 5.52. The Bertz CT molecular complexity index is 829. The lowest BCUT2D eigenvalue weighted by atomic mass is 10.1. The zero-order valence-corrected chi connectivity index (χ0v) is 14.4. The summed E-state index contributed by atoms with van der Waals surface area (Å²) in [6.07, 6.45) is 0.752. The number of aliphatic imine (C=N–C) groups is 1. The second-order valence-electron chi connectivity index (χ2n) is 5.60. The van der Waals surface area contributed by atoms with Gasteiger partial charge in [0.2, 0.25) is 0 Å². The molecular formula is C17H16ClFN4O3. The smallest absolute Gasteiger partial charge is 0.418 e. The zero-order valence-electron chi connectivity index (χ0n) is 13.6. The summed E-state index contributed by atoms with van der Waals surface area (Å²) in [4.78, 5) is 19.6. The number of nitrogens with two attached hydrogens (primary N) is 1. The molecule has 1 amide bonds. The summed E-state index contributed by atoms with van der Waals surface area (Å²) in [5.74, 6) is -1.26. The molecule has 0 saturated heterocycles. The number of amides is 1. The number of ether oxygens (including phenoxy) is 2. The molecule has 9 heteroatoms. The first-order valence-electron chi connectivity index (χ1n) is 7.85. The first-order chi connectivity index (χ1) is 12.5. The number of benzene rings is 1. The molecule has 0 radical (unpaired) electrons. The van der Waals surface area contributed by atoms with Crippen LogP contribution in [0, 0.1) is 5.82 Å². The van der Waals surface area contributed by atoms with E-state index in [9.17, 15) is 9.18 Å². The summed E-state index contributed by atoms with van der Waals surface area (Å²) in [5.41, 5.74) is 7.06. The molecule has 0 spiro atoms. The second kappa shape index (κ2) is 8.01. The molecule has 3 rings (SSSR count). The number of nitrogens with zero attached hydrogens (tertiary/aromatic N) is 2. The predicted molar refractivity (Wildman–Crippen MR) is 95.0 cm³/mol. The maximum absolute atomic E-state index is 13.5. The molecule has 1 aliphatic rings. The van der Waals surface area contributed by atoms with Crippen molar-refractivity contribution >= 4 is 29.4 Å². The highest BCUT2D eigenvalue weighted by Gasteiger charge is 2.16. The van der Waals surface area contributed by atoms with Gasteiger partial charge >= 0.3 is 6.09 Å². The van der Waals surface area contributed by atoms with E-state index in [4.69, 9.17) is 26.8 Å². The van der Waals surface area contributed by atoms with Crippen LogP contribution in [0.15, 0.2) is 41.4 Å². The molecule has 1 aliphatic heterocycles. The fraction of sp³-hybridized carbons (Fsp3) is 0.235. The van der Waals surface area contributed by atoms with Gasteiger partial charge < -0.3 is 15.2 Å². The van der Waals surface area contributed by atoms with Crippen molar-refractivity contribution in [2.45, 2.75) is 18.9 Å². The van der Waals surface area contributed by atoms with Crippen LogP contribution in [0.2, 0.25) is 5.15 Å². The van der Waals surface area contributed by atoms with Crippen molar-refractivity contribution < 1.29 is 18.7 Å². The van der Waals surface area contributed by atoms with Crippen LogP contribution < -0.4 is 15.8 Å². The third kappa shape index (κ3) is 4.82. The standard InChI is InChI=1S/C17H16ClFN4O3/c18-14-8-7-13(19)15(23-14)26-17(24)22-11-4-1-10(2-5-11)3-6-12-9-25-16(20)21-12/h1-2,4-5,7-8,12H,3,6,9H2,(H2,20,21)(H,22,24)/t12-/m0/s1. The first kappa shape index (κ1) is 17.9. The highest BCUT2D eigenvalue weighted by atomic mass is 35.5. The Labute approximate surface area is 154 Å². The van der Waals surface area contributed by atoms with Crippen LogP contribution in [-0.4, -0.2) is 29.7 Å². The molecule has 0 bridgehead atoms. The zero-order chi connectivity index (χ0) is 18.5. The van der Waals surface area contributed by atoms with Crippen molar-refractivity contribution in [1.82, 2.24) is 4.98 Å². The van der Waals surface area contributed by atoms with Crippen LogP contribution >= 0.6 is 11.6 Å². The van der Waals surface area contributed by atoms with Gasteiger partial charge in [0.25, 0.3) is 11.9 Å². The Morgan fingerprint density at radius 3 is 2.81 bits per heavy atom. The van der Waals surface area contributed by atoms with E-state index >= 15 is 0 Å². The number of carbonyl (C=O) groups is 1. The number of halogens is 2. The lowest BCUT2D eigenvalue weighted by molar-refractivity contribution is 0.211. The number of anilines is 1. The van der Waals surface area contributed by atoms with Crippen molar-refractivity contribution in [2.75, 3.05) is 11.9 Å². The highest BCUT2D eigenvalue weighted by molar-refractivity contribution is 6.29. The van der Waals surface area contributed by atoms with Gasteiger partial charge in [-0.25, -0.2) is 14.2 Å². The average molecular weight is 379 g/mol. The first-order valence-corrected chi connectivity index (χ1v) is 8.23. The molecule has 2 heterocycles. The highest BCUT2D eigenvalue weighted by Crippen LogP contribution is 2.18. The van der Waals surface area contributed by atoms with Crippen LogP contribution in [0.5, 0.6) is 5.88 Å². The average Bonchev–Trinajstić information content (AvgIpc) is 3.03. The number of rotatable bonds is 5. The van der Waals surface area contributed by atoms with Gasteiger partial charge in [0.1, 0.15) is 11.8 Å². The van der Waals surface area contributed by atoms with E-state index in [0.29, 0.717) is 12.3 Å². The normalized spacial score (nSPS) is 15.9. The minimum absolute atomic E-state index is 0.0253. The SMILES string of the molecule is NC1=N[C@@H](CCc2ccc(NC(=O)Oc3nc(Cl)ccc3F)cc2)CO1. The Balaban J connectivity index is 1.52. The van der Waals surface area contributed by atoms with Gasteiger partial charge in [-0.1, -0.05) is 23.7 Å². The number of carbonyl (C=O) groups excluding carboxylic acids is 1. The number of pyridine rings is 1. The molecule has 0 fully saturated rings. The summed E-state index contributed by atoms with van der Waals surface area (Å²) < 4.78 is 23.4. The van der Waals surface area contributed by atoms with Crippen LogP contribution in [0.1, 0.15) is 12.0 Å². The van der Waals surface area contributed by atoms with Crippen molar-refractivity contribution in [3.63, 3.8) is 0 Å². The number of hydrogen-bond donors (Lipinski definition) is 2. The minimum atomic E-state index is -0.862. The summed E-state index contributed by atoms with van der Waals surface area (Å²) in [7, 11) is 0. The summed E-state index contributed by atoms with van der Waals surface area (Å²) in [6, 6.07) is 9.83. The Hall–Kier alpha value is -2.87. The van der Waals surface area contributed by atoms with E-state index in [1.165, 1.54) is 6.07 Å².